The first-order valence-corrected chi connectivity index (χ1v) is 7.80. The third-order valence-electron chi connectivity index (χ3n) is 2.63. The van der Waals surface area contributed by atoms with E-state index in [0.717, 1.165) is 31.6 Å². The van der Waals surface area contributed by atoms with Gasteiger partial charge in [-0.2, -0.15) is 0 Å². The molecular weight excluding hydrogens is 220 g/mol. The van der Waals surface area contributed by atoms with Crippen molar-refractivity contribution in [3.8, 4) is 0 Å². The summed E-state index contributed by atoms with van der Waals surface area (Å²) in [5.74, 6) is 1.08. The standard InChI is InChI=1S/C10H19ClO2S/c1-14(12,13)8-4-2-3-5-10(11)9-6-7-9/h9-10H,2-8H2,1H3. The fourth-order valence-corrected chi connectivity index (χ4v) is 2.71. The molecule has 1 unspecified atom stereocenters. The zero-order valence-electron chi connectivity index (χ0n) is 8.71. The van der Waals surface area contributed by atoms with Crippen molar-refractivity contribution in [1.29, 1.82) is 0 Å². The summed E-state index contributed by atoms with van der Waals surface area (Å²) in [5.41, 5.74) is 0. The summed E-state index contributed by atoms with van der Waals surface area (Å²) in [6, 6.07) is 0. The van der Waals surface area contributed by atoms with Gasteiger partial charge in [0.2, 0.25) is 0 Å². The quantitative estimate of drug-likeness (QED) is 0.505. The fourth-order valence-electron chi connectivity index (χ4n) is 1.57. The first kappa shape index (κ1) is 12.3. The van der Waals surface area contributed by atoms with E-state index in [9.17, 15) is 8.42 Å². The van der Waals surface area contributed by atoms with Crippen molar-refractivity contribution in [2.24, 2.45) is 5.92 Å². The van der Waals surface area contributed by atoms with Gasteiger partial charge >= 0.3 is 0 Å². The van der Waals surface area contributed by atoms with Gasteiger partial charge in [0, 0.05) is 17.4 Å². The molecule has 0 aromatic carbocycles. The molecule has 0 radical (unpaired) electrons. The fraction of sp³-hybridized carbons (Fsp3) is 1.00. The second-order valence-corrected chi connectivity index (χ2v) is 7.15. The zero-order valence-corrected chi connectivity index (χ0v) is 10.3. The summed E-state index contributed by atoms with van der Waals surface area (Å²) in [6.07, 6.45) is 7.77. The first-order valence-electron chi connectivity index (χ1n) is 5.31. The minimum atomic E-state index is -2.76. The van der Waals surface area contributed by atoms with E-state index in [0.29, 0.717) is 11.1 Å². The predicted octanol–water partition coefficient (Wildman–Crippen LogP) is 2.61. The van der Waals surface area contributed by atoms with E-state index in [1.54, 1.807) is 0 Å². The predicted molar refractivity (Wildman–Crippen MR) is 60.5 cm³/mol. The third-order valence-corrected chi connectivity index (χ3v) is 4.23. The molecule has 1 saturated carbocycles. The van der Waals surface area contributed by atoms with Crippen molar-refractivity contribution in [2.75, 3.05) is 12.0 Å². The molecule has 0 spiro atoms. The largest absolute Gasteiger partial charge is 0.229 e. The minimum absolute atomic E-state index is 0.323. The highest BCUT2D eigenvalue weighted by molar-refractivity contribution is 7.90. The third kappa shape index (κ3) is 5.86. The van der Waals surface area contributed by atoms with Gasteiger partial charge in [-0.25, -0.2) is 8.42 Å². The van der Waals surface area contributed by atoms with Gasteiger partial charge in [0.15, 0.2) is 0 Å². The Bertz CT molecular complexity index is 257. The molecule has 1 rings (SSSR count). The first-order chi connectivity index (χ1) is 6.49. The van der Waals surface area contributed by atoms with E-state index in [1.165, 1.54) is 19.1 Å². The highest BCUT2D eigenvalue weighted by atomic mass is 35.5. The Morgan fingerprint density at radius 2 is 1.93 bits per heavy atom. The highest BCUT2D eigenvalue weighted by Gasteiger charge is 2.28. The van der Waals surface area contributed by atoms with E-state index in [2.05, 4.69) is 0 Å². The van der Waals surface area contributed by atoms with Gasteiger partial charge in [0.25, 0.3) is 0 Å². The summed E-state index contributed by atoms with van der Waals surface area (Å²) in [5, 5.41) is 0.341. The van der Waals surface area contributed by atoms with Crippen LogP contribution in [-0.4, -0.2) is 25.8 Å². The second-order valence-electron chi connectivity index (χ2n) is 4.33. The Morgan fingerprint density at radius 1 is 1.29 bits per heavy atom. The minimum Gasteiger partial charge on any atom is -0.229 e. The van der Waals surface area contributed by atoms with Crippen molar-refractivity contribution in [1.82, 2.24) is 0 Å². The lowest BCUT2D eigenvalue weighted by Crippen LogP contribution is -2.04. The van der Waals surface area contributed by atoms with E-state index in [-0.39, 0.29) is 0 Å². The van der Waals surface area contributed by atoms with Crippen molar-refractivity contribution >= 4 is 21.4 Å². The molecule has 0 N–H and O–H groups in total. The molecule has 0 aromatic rings. The molecule has 0 aliphatic heterocycles. The molecule has 2 nitrogen and oxygen atoms in total. The lowest BCUT2D eigenvalue weighted by atomic mass is 10.1. The van der Waals surface area contributed by atoms with Crippen LogP contribution in [-0.2, 0) is 9.84 Å². The summed E-state index contributed by atoms with van der Waals surface area (Å²) in [7, 11) is -2.76. The maximum atomic E-state index is 10.8. The molecule has 1 atom stereocenters. The van der Waals surface area contributed by atoms with Gasteiger partial charge < -0.3 is 0 Å². The Labute approximate surface area is 91.9 Å². The van der Waals surface area contributed by atoms with Crippen LogP contribution in [0.25, 0.3) is 0 Å². The molecule has 0 amide bonds. The Hall–Kier alpha value is 0.240. The van der Waals surface area contributed by atoms with Gasteiger partial charge in [-0.3, -0.25) is 0 Å². The van der Waals surface area contributed by atoms with Gasteiger partial charge in [-0.05, 0) is 31.6 Å². The van der Waals surface area contributed by atoms with Crippen LogP contribution in [0.4, 0.5) is 0 Å². The van der Waals surface area contributed by atoms with E-state index < -0.39 is 9.84 Å². The Morgan fingerprint density at radius 3 is 2.43 bits per heavy atom. The number of sulfone groups is 1. The van der Waals surface area contributed by atoms with E-state index >= 15 is 0 Å². The van der Waals surface area contributed by atoms with Crippen LogP contribution >= 0.6 is 11.6 Å². The molecule has 14 heavy (non-hydrogen) atoms. The van der Waals surface area contributed by atoms with Crippen molar-refractivity contribution in [3.05, 3.63) is 0 Å². The normalized spacial score (nSPS) is 19.6. The topological polar surface area (TPSA) is 34.1 Å². The maximum absolute atomic E-state index is 10.8. The van der Waals surface area contributed by atoms with Gasteiger partial charge in [0.1, 0.15) is 9.84 Å². The van der Waals surface area contributed by atoms with Gasteiger partial charge in [-0.1, -0.05) is 12.8 Å². The lowest BCUT2D eigenvalue weighted by molar-refractivity contribution is 0.583. The molecule has 0 heterocycles. The zero-order chi connectivity index (χ0) is 10.6. The van der Waals surface area contributed by atoms with Gasteiger partial charge in [0.05, 0.1) is 0 Å². The number of hydrogen-bond donors (Lipinski definition) is 0. The Balaban J connectivity index is 1.93. The number of hydrogen-bond acceptors (Lipinski definition) is 2. The van der Waals surface area contributed by atoms with E-state index in [1.807, 2.05) is 0 Å². The van der Waals surface area contributed by atoms with Crippen molar-refractivity contribution in [2.45, 2.75) is 43.9 Å². The highest BCUT2D eigenvalue weighted by Crippen LogP contribution is 2.37. The molecular formula is C10H19ClO2S. The number of alkyl halides is 1. The molecule has 1 fully saturated rings. The second kappa shape index (κ2) is 5.36. The summed E-state index contributed by atoms with van der Waals surface area (Å²) in [4.78, 5) is 0. The average molecular weight is 239 g/mol. The molecule has 1 aliphatic carbocycles. The van der Waals surface area contributed by atoms with Crippen LogP contribution in [0, 0.1) is 5.92 Å². The monoisotopic (exact) mass is 238 g/mol. The summed E-state index contributed by atoms with van der Waals surface area (Å²) < 4.78 is 21.6. The van der Waals surface area contributed by atoms with Crippen LogP contribution in [0.2, 0.25) is 0 Å². The molecule has 0 aromatic heterocycles. The smallest absolute Gasteiger partial charge is 0.147 e. The van der Waals surface area contributed by atoms with Crippen LogP contribution in [0.5, 0.6) is 0 Å². The molecule has 1 aliphatic rings. The van der Waals surface area contributed by atoms with Crippen molar-refractivity contribution < 1.29 is 8.42 Å². The Kier molecular flexibility index (Phi) is 4.71. The SMILES string of the molecule is CS(=O)(=O)CCCCCC(Cl)C1CC1. The van der Waals surface area contributed by atoms with Crippen LogP contribution in [0.15, 0.2) is 0 Å². The number of halogens is 1. The molecule has 84 valence electrons. The summed E-state index contributed by atoms with van der Waals surface area (Å²) in [6.45, 7) is 0. The number of unbranched alkanes of at least 4 members (excludes halogenated alkanes) is 2. The molecule has 0 bridgehead atoms. The lowest BCUT2D eigenvalue weighted by Gasteiger charge is -2.06. The molecule has 4 heteroatoms. The van der Waals surface area contributed by atoms with Gasteiger partial charge in [-0.15, -0.1) is 11.6 Å². The van der Waals surface area contributed by atoms with Crippen LogP contribution in [0.3, 0.4) is 0 Å². The van der Waals surface area contributed by atoms with Crippen LogP contribution in [0.1, 0.15) is 38.5 Å². The van der Waals surface area contributed by atoms with E-state index in [4.69, 9.17) is 11.6 Å². The molecule has 0 saturated heterocycles. The number of rotatable bonds is 7. The van der Waals surface area contributed by atoms with Crippen LogP contribution < -0.4 is 0 Å². The summed E-state index contributed by atoms with van der Waals surface area (Å²) >= 11 is 6.13. The maximum Gasteiger partial charge on any atom is 0.147 e. The van der Waals surface area contributed by atoms with Crippen molar-refractivity contribution in [3.63, 3.8) is 0 Å². The average Bonchev–Trinajstić information content (AvgIpc) is 2.83.